The lowest BCUT2D eigenvalue weighted by atomic mass is 10.1. The Kier molecular flexibility index (Phi) is 5.26. The minimum absolute atomic E-state index is 0.0557. The predicted octanol–water partition coefficient (Wildman–Crippen LogP) is 3.90. The number of aryl methyl sites for hydroxylation is 1. The van der Waals surface area contributed by atoms with Crippen LogP contribution in [0.15, 0.2) is 59.0 Å². The van der Waals surface area contributed by atoms with E-state index in [4.69, 9.17) is 23.4 Å². The molecule has 0 N–H and O–H groups in total. The van der Waals surface area contributed by atoms with Crippen molar-refractivity contribution in [3.05, 3.63) is 65.9 Å². The van der Waals surface area contributed by atoms with E-state index in [-0.39, 0.29) is 18.8 Å². The van der Waals surface area contributed by atoms with Crippen molar-refractivity contribution in [2.24, 2.45) is 0 Å². The number of rotatable bonds is 5. The van der Waals surface area contributed by atoms with Gasteiger partial charge in [-0.2, -0.15) is 0 Å². The van der Waals surface area contributed by atoms with Crippen LogP contribution in [0.4, 0.5) is 0 Å². The summed E-state index contributed by atoms with van der Waals surface area (Å²) in [6.07, 6.45) is -0.219. The summed E-state index contributed by atoms with van der Waals surface area (Å²) in [5.74, 6) is 3.31. The van der Waals surface area contributed by atoms with Gasteiger partial charge in [0.25, 0.3) is 5.91 Å². The minimum atomic E-state index is -0.219. The van der Waals surface area contributed by atoms with Crippen LogP contribution in [-0.2, 0) is 4.74 Å². The van der Waals surface area contributed by atoms with Crippen LogP contribution in [0.5, 0.6) is 17.2 Å². The highest BCUT2D eigenvalue weighted by molar-refractivity contribution is 5.96. The molecule has 2 aliphatic heterocycles. The van der Waals surface area contributed by atoms with Crippen LogP contribution in [0.3, 0.4) is 0 Å². The average molecular weight is 421 g/mol. The van der Waals surface area contributed by atoms with E-state index in [1.54, 1.807) is 11.0 Å². The number of fused-ring (bicyclic) bond motifs is 1. The monoisotopic (exact) mass is 421 g/mol. The molecule has 3 heterocycles. The maximum absolute atomic E-state index is 13.2. The number of hydrogen-bond donors (Lipinski definition) is 0. The van der Waals surface area contributed by atoms with Crippen molar-refractivity contribution < 1.29 is 28.2 Å². The molecule has 0 radical (unpaired) electrons. The highest BCUT2D eigenvalue weighted by Gasteiger charge is 2.28. The predicted molar refractivity (Wildman–Crippen MR) is 113 cm³/mol. The van der Waals surface area contributed by atoms with E-state index in [1.807, 2.05) is 55.5 Å². The first-order chi connectivity index (χ1) is 15.2. The molecule has 3 aromatic rings. The Morgan fingerprint density at radius 3 is 2.81 bits per heavy atom. The maximum atomic E-state index is 13.2. The second-order valence-electron chi connectivity index (χ2n) is 7.52. The quantitative estimate of drug-likeness (QED) is 0.622. The molecule has 31 heavy (non-hydrogen) atoms. The molecule has 160 valence electrons. The van der Waals surface area contributed by atoms with Gasteiger partial charge in [-0.3, -0.25) is 4.79 Å². The Labute approximate surface area is 180 Å². The standard InChI is InChI=1S/C24H23NO6/c1-16-20(12-22(31-16)17-5-3-2-4-6-17)24(26)25-9-10-27-19(13-25)14-28-18-7-8-21-23(11-18)30-15-29-21/h2-8,11-12,19H,9-10,13-15H2,1H3. The highest BCUT2D eigenvalue weighted by Crippen LogP contribution is 2.35. The lowest BCUT2D eigenvalue weighted by molar-refractivity contribution is -0.0401. The molecule has 2 aromatic carbocycles. The molecule has 0 spiro atoms. The molecule has 1 amide bonds. The number of carbonyl (C=O) groups is 1. The summed E-state index contributed by atoms with van der Waals surface area (Å²) < 4.78 is 28.2. The third kappa shape index (κ3) is 4.09. The van der Waals surface area contributed by atoms with Crippen molar-refractivity contribution in [1.82, 2.24) is 4.90 Å². The largest absolute Gasteiger partial charge is 0.491 e. The molecule has 0 aliphatic carbocycles. The van der Waals surface area contributed by atoms with Gasteiger partial charge in [0.05, 0.1) is 18.7 Å². The van der Waals surface area contributed by atoms with Crippen LogP contribution < -0.4 is 14.2 Å². The summed E-state index contributed by atoms with van der Waals surface area (Å²) in [5.41, 5.74) is 1.53. The van der Waals surface area contributed by atoms with E-state index in [2.05, 4.69) is 0 Å². The second-order valence-corrected chi connectivity index (χ2v) is 7.52. The molecule has 1 fully saturated rings. The second kappa shape index (κ2) is 8.35. The number of nitrogens with zero attached hydrogens (tertiary/aromatic N) is 1. The first-order valence-corrected chi connectivity index (χ1v) is 10.3. The zero-order valence-electron chi connectivity index (χ0n) is 17.2. The number of morpholine rings is 1. The van der Waals surface area contributed by atoms with Gasteiger partial charge in [-0.1, -0.05) is 30.3 Å². The number of ether oxygens (including phenoxy) is 4. The van der Waals surface area contributed by atoms with Gasteiger partial charge >= 0.3 is 0 Å². The summed E-state index contributed by atoms with van der Waals surface area (Å²) in [6, 6.07) is 17.0. The molecule has 5 rings (SSSR count). The summed E-state index contributed by atoms with van der Waals surface area (Å²) in [6.45, 7) is 3.83. The zero-order chi connectivity index (χ0) is 21.2. The Balaban J connectivity index is 1.23. The van der Waals surface area contributed by atoms with Gasteiger partial charge in [0.1, 0.15) is 30.0 Å². The normalized spacial score (nSPS) is 17.6. The van der Waals surface area contributed by atoms with E-state index in [9.17, 15) is 4.79 Å². The summed E-state index contributed by atoms with van der Waals surface area (Å²) >= 11 is 0. The summed E-state index contributed by atoms with van der Waals surface area (Å²) in [5, 5.41) is 0. The zero-order valence-corrected chi connectivity index (χ0v) is 17.2. The molecule has 1 unspecified atom stereocenters. The SMILES string of the molecule is Cc1oc(-c2ccccc2)cc1C(=O)N1CCOC(COc2ccc3c(c2)OCO3)C1. The number of furan rings is 1. The first-order valence-electron chi connectivity index (χ1n) is 10.3. The van der Waals surface area contributed by atoms with E-state index in [1.165, 1.54) is 0 Å². The van der Waals surface area contributed by atoms with E-state index in [0.29, 0.717) is 60.6 Å². The fourth-order valence-corrected chi connectivity index (χ4v) is 3.77. The molecule has 2 aliphatic rings. The molecular formula is C24H23NO6. The van der Waals surface area contributed by atoms with Crippen LogP contribution in [0.25, 0.3) is 11.3 Å². The van der Waals surface area contributed by atoms with Crippen LogP contribution in [0, 0.1) is 6.92 Å². The number of carbonyl (C=O) groups excluding carboxylic acids is 1. The maximum Gasteiger partial charge on any atom is 0.257 e. The Hall–Kier alpha value is -3.45. The van der Waals surface area contributed by atoms with Gasteiger partial charge in [-0.25, -0.2) is 0 Å². The van der Waals surface area contributed by atoms with Crippen molar-refractivity contribution in [3.8, 4) is 28.6 Å². The lowest BCUT2D eigenvalue weighted by Gasteiger charge is -2.32. The smallest absolute Gasteiger partial charge is 0.257 e. The lowest BCUT2D eigenvalue weighted by Crippen LogP contribution is -2.47. The molecular weight excluding hydrogens is 398 g/mol. The number of benzene rings is 2. The van der Waals surface area contributed by atoms with Crippen LogP contribution in [0.1, 0.15) is 16.1 Å². The average Bonchev–Trinajstić information content (AvgIpc) is 3.44. The number of hydrogen-bond acceptors (Lipinski definition) is 6. The van der Waals surface area contributed by atoms with Crippen molar-refractivity contribution in [3.63, 3.8) is 0 Å². The van der Waals surface area contributed by atoms with Gasteiger partial charge in [0.15, 0.2) is 11.5 Å². The van der Waals surface area contributed by atoms with E-state index in [0.717, 1.165) is 5.56 Å². The van der Waals surface area contributed by atoms with Crippen molar-refractivity contribution in [2.45, 2.75) is 13.0 Å². The van der Waals surface area contributed by atoms with Crippen LogP contribution in [0.2, 0.25) is 0 Å². The molecule has 0 bridgehead atoms. The Bertz CT molecular complexity index is 1080. The van der Waals surface area contributed by atoms with Gasteiger partial charge < -0.3 is 28.3 Å². The molecule has 1 saturated heterocycles. The summed E-state index contributed by atoms with van der Waals surface area (Å²) in [7, 11) is 0. The summed E-state index contributed by atoms with van der Waals surface area (Å²) in [4.78, 5) is 14.9. The molecule has 7 heteroatoms. The Morgan fingerprint density at radius 2 is 1.94 bits per heavy atom. The first kappa shape index (κ1) is 19.5. The van der Waals surface area contributed by atoms with Gasteiger partial charge in [-0.15, -0.1) is 0 Å². The van der Waals surface area contributed by atoms with E-state index < -0.39 is 0 Å². The molecule has 1 aromatic heterocycles. The molecule has 0 saturated carbocycles. The fourth-order valence-electron chi connectivity index (χ4n) is 3.77. The number of amides is 1. The Morgan fingerprint density at radius 1 is 1.10 bits per heavy atom. The fraction of sp³-hybridized carbons (Fsp3) is 0.292. The van der Waals surface area contributed by atoms with Crippen molar-refractivity contribution in [2.75, 3.05) is 33.1 Å². The molecule has 7 nitrogen and oxygen atoms in total. The molecule has 1 atom stereocenters. The van der Waals surface area contributed by atoms with Crippen molar-refractivity contribution in [1.29, 1.82) is 0 Å². The van der Waals surface area contributed by atoms with Crippen molar-refractivity contribution >= 4 is 5.91 Å². The van der Waals surface area contributed by atoms with E-state index >= 15 is 0 Å². The van der Waals surface area contributed by atoms with Gasteiger partial charge in [-0.05, 0) is 25.1 Å². The van der Waals surface area contributed by atoms with Crippen LogP contribution in [-0.4, -0.2) is 50.0 Å². The van der Waals surface area contributed by atoms with Gasteiger partial charge in [0.2, 0.25) is 6.79 Å². The minimum Gasteiger partial charge on any atom is -0.491 e. The van der Waals surface area contributed by atoms with Crippen LogP contribution >= 0.6 is 0 Å². The highest BCUT2D eigenvalue weighted by atomic mass is 16.7. The third-order valence-electron chi connectivity index (χ3n) is 5.41. The topological polar surface area (TPSA) is 70.4 Å². The van der Waals surface area contributed by atoms with Gasteiger partial charge in [0, 0.05) is 18.2 Å². The third-order valence-corrected chi connectivity index (χ3v) is 5.41.